The van der Waals surface area contributed by atoms with Gasteiger partial charge in [0.2, 0.25) is 5.91 Å². The van der Waals surface area contributed by atoms with Crippen LogP contribution in [0.15, 0.2) is 41.3 Å². The second-order valence-corrected chi connectivity index (χ2v) is 8.86. The van der Waals surface area contributed by atoms with Crippen molar-refractivity contribution in [1.82, 2.24) is 4.90 Å². The molecule has 2 aromatic rings. The number of amides is 3. The molecule has 1 saturated heterocycles. The highest BCUT2D eigenvalue weighted by Crippen LogP contribution is 2.35. The van der Waals surface area contributed by atoms with Crippen LogP contribution in [-0.4, -0.2) is 41.7 Å². The van der Waals surface area contributed by atoms with E-state index in [2.05, 4.69) is 5.32 Å². The highest BCUT2D eigenvalue weighted by Gasteiger charge is 2.36. The van der Waals surface area contributed by atoms with Gasteiger partial charge in [0.1, 0.15) is 6.54 Å². The predicted molar refractivity (Wildman–Crippen MR) is 131 cm³/mol. The van der Waals surface area contributed by atoms with Gasteiger partial charge in [0, 0.05) is 5.69 Å². The third-order valence-electron chi connectivity index (χ3n) is 5.35. The van der Waals surface area contributed by atoms with E-state index in [1.54, 1.807) is 37.5 Å². The Balaban J connectivity index is 1.71. The molecule has 3 amide bonds. The first kappa shape index (κ1) is 24.4. The number of ether oxygens (including phenoxy) is 2. The van der Waals surface area contributed by atoms with Crippen molar-refractivity contribution in [2.75, 3.05) is 19.0 Å². The van der Waals surface area contributed by atoms with Crippen molar-refractivity contribution in [1.29, 1.82) is 0 Å². The average Bonchev–Trinajstić information content (AvgIpc) is 3.04. The molecule has 1 aliphatic heterocycles. The number of hydrogen-bond donors (Lipinski definition) is 1. The van der Waals surface area contributed by atoms with Crippen LogP contribution in [0.1, 0.15) is 37.0 Å². The van der Waals surface area contributed by atoms with E-state index in [9.17, 15) is 14.4 Å². The van der Waals surface area contributed by atoms with Crippen LogP contribution in [0.5, 0.6) is 11.5 Å². The molecular weight excluding hydrogens is 440 g/mol. The minimum absolute atomic E-state index is 0.0382. The van der Waals surface area contributed by atoms with Gasteiger partial charge in [-0.3, -0.25) is 19.3 Å². The van der Waals surface area contributed by atoms with Gasteiger partial charge in [0.05, 0.1) is 18.1 Å². The van der Waals surface area contributed by atoms with E-state index in [0.717, 1.165) is 34.2 Å². The number of imide groups is 1. The summed E-state index contributed by atoms with van der Waals surface area (Å²) in [5.41, 5.74) is 3.46. The number of carbonyl (C=O) groups excluding carboxylic acids is 3. The van der Waals surface area contributed by atoms with Crippen LogP contribution in [0.2, 0.25) is 0 Å². The third kappa shape index (κ3) is 5.96. The van der Waals surface area contributed by atoms with Crippen molar-refractivity contribution in [3.8, 4) is 11.5 Å². The van der Waals surface area contributed by atoms with Gasteiger partial charge in [0.15, 0.2) is 11.5 Å². The van der Waals surface area contributed by atoms with Gasteiger partial charge in [0.25, 0.3) is 11.1 Å². The number of hydrogen-bond acceptors (Lipinski definition) is 6. The Kier molecular flexibility index (Phi) is 7.81. The molecular formula is C25H28N2O5S. The summed E-state index contributed by atoms with van der Waals surface area (Å²) in [5, 5.41) is 2.26. The average molecular weight is 469 g/mol. The van der Waals surface area contributed by atoms with E-state index in [-0.39, 0.29) is 17.6 Å². The molecule has 7 nitrogen and oxygen atoms in total. The van der Waals surface area contributed by atoms with Gasteiger partial charge in [-0.1, -0.05) is 19.1 Å². The molecule has 1 heterocycles. The van der Waals surface area contributed by atoms with E-state index in [1.807, 2.05) is 39.8 Å². The number of aryl methyl sites for hydroxylation is 2. The van der Waals surface area contributed by atoms with E-state index >= 15 is 0 Å². The summed E-state index contributed by atoms with van der Waals surface area (Å²) in [7, 11) is 1.55. The van der Waals surface area contributed by atoms with E-state index in [4.69, 9.17) is 9.47 Å². The summed E-state index contributed by atoms with van der Waals surface area (Å²) < 4.78 is 11.3. The first-order valence-corrected chi connectivity index (χ1v) is 11.5. The van der Waals surface area contributed by atoms with E-state index in [1.165, 1.54) is 0 Å². The van der Waals surface area contributed by atoms with Crippen LogP contribution >= 0.6 is 11.8 Å². The standard InChI is InChI=1S/C25H28N2O5S/c1-6-17(4)32-20-10-8-18(12-21(20)31-5)13-22-24(29)27(25(30)33-22)14-23(28)26-19-9-7-15(2)16(3)11-19/h7-13,17H,6,14H2,1-5H3,(H,26,28)/b22-13+/t17-/m1/s1. The molecule has 1 aliphatic rings. The fraction of sp³-hybridized carbons (Fsp3) is 0.320. The Labute approximate surface area is 198 Å². The Morgan fingerprint density at radius 2 is 1.88 bits per heavy atom. The molecule has 0 spiro atoms. The molecule has 1 fully saturated rings. The van der Waals surface area contributed by atoms with Crippen molar-refractivity contribution in [2.45, 2.75) is 40.2 Å². The number of thioether (sulfide) groups is 1. The van der Waals surface area contributed by atoms with Crippen LogP contribution in [0, 0.1) is 13.8 Å². The number of anilines is 1. The fourth-order valence-electron chi connectivity index (χ4n) is 3.12. The molecule has 0 aliphatic carbocycles. The van der Waals surface area contributed by atoms with Crippen LogP contribution < -0.4 is 14.8 Å². The van der Waals surface area contributed by atoms with E-state index in [0.29, 0.717) is 22.7 Å². The maximum atomic E-state index is 12.8. The zero-order valence-electron chi connectivity index (χ0n) is 19.4. The summed E-state index contributed by atoms with van der Waals surface area (Å²) in [6.45, 7) is 7.59. The summed E-state index contributed by atoms with van der Waals surface area (Å²) in [4.78, 5) is 38.8. The largest absolute Gasteiger partial charge is 0.493 e. The fourth-order valence-corrected chi connectivity index (χ4v) is 3.96. The van der Waals surface area contributed by atoms with Crippen molar-refractivity contribution in [3.63, 3.8) is 0 Å². The van der Waals surface area contributed by atoms with Gasteiger partial charge >= 0.3 is 0 Å². The topological polar surface area (TPSA) is 84.9 Å². The SMILES string of the molecule is CC[C@@H](C)Oc1ccc(/C=C2/SC(=O)N(CC(=O)Nc3ccc(C)c(C)c3)C2=O)cc1OC. The van der Waals surface area contributed by atoms with Crippen LogP contribution in [-0.2, 0) is 9.59 Å². The van der Waals surface area contributed by atoms with Crippen molar-refractivity contribution < 1.29 is 23.9 Å². The Hall–Kier alpha value is -3.26. The second kappa shape index (κ2) is 10.6. The molecule has 3 rings (SSSR count). The molecule has 1 N–H and O–H groups in total. The normalized spacial score (nSPS) is 15.7. The van der Waals surface area contributed by atoms with Gasteiger partial charge in [-0.25, -0.2) is 0 Å². The number of methoxy groups -OCH3 is 1. The van der Waals surface area contributed by atoms with Crippen molar-refractivity contribution in [3.05, 3.63) is 58.0 Å². The molecule has 0 saturated carbocycles. The van der Waals surface area contributed by atoms with Gasteiger partial charge in [-0.2, -0.15) is 0 Å². The molecule has 0 unspecified atom stereocenters. The zero-order chi connectivity index (χ0) is 24.1. The highest BCUT2D eigenvalue weighted by atomic mass is 32.2. The highest BCUT2D eigenvalue weighted by molar-refractivity contribution is 8.18. The lowest BCUT2D eigenvalue weighted by Gasteiger charge is -2.15. The molecule has 0 radical (unpaired) electrons. The van der Waals surface area contributed by atoms with Crippen molar-refractivity contribution in [2.24, 2.45) is 0 Å². The molecule has 1 atom stereocenters. The number of rotatable bonds is 8. The lowest BCUT2D eigenvalue weighted by Crippen LogP contribution is -2.36. The maximum absolute atomic E-state index is 12.8. The Morgan fingerprint density at radius 1 is 1.12 bits per heavy atom. The molecule has 8 heteroatoms. The quantitative estimate of drug-likeness (QED) is 0.539. The van der Waals surface area contributed by atoms with Crippen LogP contribution in [0.25, 0.3) is 6.08 Å². The first-order valence-electron chi connectivity index (χ1n) is 10.7. The van der Waals surface area contributed by atoms with Crippen molar-refractivity contribution >= 4 is 40.6 Å². The lowest BCUT2D eigenvalue weighted by atomic mass is 10.1. The minimum atomic E-state index is -0.501. The first-order chi connectivity index (χ1) is 15.7. The second-order valence-electron chi connectivity index (χ2n) is 7.86. The minimum Gasteiger partial charge on any atom is -0.493 e. The predicted octanol–water partition coefficient (Wildman–Crippen LogP) is 5.16. The van der Waals surface area contributed by atoms with Gasteiger partial charge in [-0.15, -0.1) is 0 Å². The maximum Gasteiger partial charge on any atom is 0.294 e. The Morgan fingerprint density at radius 3 is 2.55 bits per heavy atom. The van der Waals surface area contributed by atoms with Crippen LogP contribution in [0.3, 0.4) is 0 Å². The summed E-state index contributed by atoms with van der Waals surface area (Å²) in [5.74, 6) is 0.213. The number of benzene rings is 2. The lowest BCUT2D eigenvalue weighted by molar-refractivity contribution is -0.127. The zero-order valence-corrected chi connectivity index (χ0v) is 20.2. The number of nitrogens with one attached hydrogen (secondary N) is 1. The van der Waals surface area contributed by atoms with Gasteiger partial charge < -0.3 is 14.8 Å². The van der Waals surface area contributed by atoms with E-state index < -0.39 is 17.1 Å². The van der Waals surface area contributed by atoms with Gasteiger partial charge in [-0.05, 0) is 86.0 Å². The molecule has 0 bridgehead atoms. The molecule has 2 aromatic carbocycles. The monoisotopic (exact) mass is 468 g/mol. The molecule has 0 aromatic heterocycles. The van der Waals surface area contributed by atoms with Crippen LogP contribution in [0.4, 0.5) is 10.5 Å². The summed E-state index contributed by atoms with van der Waals surface area (Å²) in [6, 6.07) is 10.9. The third-order valence-corrected chi connectivity index (χ3v) is 6.26. The Bertz CT molecular complexity index is 1110. The molecule has 174 valence electrons. The molecule has 33 heavy (non-hydrogen) atoms. The smallest absolute Gasteiger partial charge is 0.294 e. The summed E-state index contributed by atoms with van der Waals surface area (Å²) in [6.07, 6.45) is 2.51. The summed E-state index contributed by atoms with van der Waals surface area (Å²) >= 11 is 0.808. The number of nitrogens with zero attached hydrogens (tertiary/aromatic N) is 1. The number of carbonyl (C=O) groups is 3.